The van der Waals surface area contributed by atoms with Crippen molar-refractivity contribution in [1.29, 1.82) is 0 Å². The van der Waals surface area contributed by atoms with Crippen molar-refractivity contribution in [3.05, 3.63) is 42.5 Å². The lowest BCUT2D eigenvalue weighted by Gasteiger charge is -2.05. The van der Waals surface area contributed by atoms with Crippen molar-refractivity contribution in [3.63, 3.8) is 0 Å². The highest BCUT2D eigenvalue weighted by atomic mass is 16.1. The van der Waals surface area contributed by atoms with Crippen LogP contribution in [-0.2, 0) is 4.79 Å². The lowest BCUT2D eigenvalue weighted by Crippen LogP contribution is -2.07. The molecule has 2 heteroatoms. The number of isocyanates is 1. The Morgan fingerprint density at radius 3 is 1.94 bits per heavy atom. The number of hydrogen-bond donors (Lipinski definition) is 0. The van der Waals surface area contributed by atoms with Gasteiger partial charge in [0.1, 0.15) is 0 Å². The Morgan fingerprint density at radius 2 is 1.75 bits per heavy atom. The van der Waals surface area contributed by atoms with Crippen LogP contribution < -0.4 is 0 Å². The molecule has 0 aromatic heterocycles. The van der Waals surface area contributed by atoms with E-state index in [-0.39, 0.29) is 5.54 Å². The molecule has 1 rings (SSSR count). The second kappa shape index (κ2) is 6.76. The lowest BCUT2D eigenvalue weighted by molar-refractivity contribution is 0.535. The zero-order valence-corrected chi connectivity index (χ0v) is 10.4. The van der Waals surface area contributed by atoms with Gasteiger partial charge in [0.05, 0.1) is 5.54 Å². The molecule has 0 saturated heterocycles. The maximum Gasteiger partial charge on any atom is 0.235 e. The Bertz CT molecular complexity index is 367. The van der Waals surface area contributed by atoms with E-state index >= 15 is 0 Å². The predicted octanol–water partition coefficient (Wildman–Crippen LogP) is 3.84. The van der Waals surface area contributed by atoms with Gasteiger partial charge in [-0.05, 0) is 33.3 Å². The first-order valence-electron chi connectivity index (χ1n) is 5.17. The van der Waals surface area contributed by atoms with E-state index in [2.05, 4.69) is 23.7 Å². The first-order valence-corrected chi connectivity index (χ1v) is 5.17. The van der Waals surface area contributed by atoms with E-state index in [1.54, 1.807) is 0 Å². The molecule has 0 aliphatic heterocycles. The van der Waals surface area contributed by atoms with Gasteiger partial charge in [-0.1, -0.05) is 42.5 Å². The van der Waals surface area contributed by atoms with Gasteiger partial charge in [-0.2, -0.15) is 0 Å². The summed E-state index contributed by atoms with van der Waals surface area (Å²) < 4.78 is 0. The molecule has 1 aromatic rings. The molecule has 0 amide bonds. The normalized spacial score (nSPS) is 9.50. The first kappa shape index (κ1) is 14.3. The van der Waals surface area contributed by atoms with Gasteiger partial charge in [-0.15, -0.1) is 0 Å². The highest BCUT2D eigenvalue weighted by Crippen LogP contribution is 2.08. The Morgan fingerprint density at radius 1 is 1.25 bits per heavy atom. The van der Waals surface area contributed by atoms with Gasteiger partial charge in [0.2, 0.25) is 6.08 Å². The smallest absolute Gasteiger partial charge is 0.211 e. The quantitative estimate of drug-likeness (QED) is 0.519. The summed E-state index contributed by atoms with van der Waals surface area (Å²) in [6, 6.07) is 10.2. The molecule has 1 aromatic carbocycles. The van der Waals surface area contributed by atoms with Crippen LogP contribution in [0.2, 0.25) is 0 Å². The van der Waals surface area contributed by atoms with Crippen LogP contribution in [0.15, 0.2) is 41.9 Å². The fourth-order valence-electron chi connectivity index (χ4n) is 0.860. The van der Waals surface area contributed by atoms with Crippen LogP contribution in [0.4, 0.5) is 0 Å². The van der Waals surface area contributed by atoms with Crippen LogP contribution >= 0.6 is 0 Å². The summed E-state index contributed by atoms with van der Waals surface area (Å²) in [5.74, 6) is 0. The van der Waals surface area contributed by atoms with E-state index in [1.165, 1.54) is 11.6 Å². The number of benzene rings is 1. The highest BCUT2D eigenvalue weighted by molar-refractivity contribution is 5.60. The molecular weight excluding hydrogens is 198 g/mol. The first-order chi connectivity index (χ1) is 7.37. The molecular formula is C14H19NO. The molecule has 0 aliphatic carbocycles. The number of allylic oxidation sites excluding steroid dienone is 1. The van der Waals surface area contributed by atoms with Gasteiger partial charge < -0.3 is 0 Å². The molecule has 0 spiro atoms. The highest BCUT2D eigenvalue weighted by Gasteiger charge is 2.04. The predicted molar refractivity (Wildman–Crippen MR) is 69.0 cm³/mol. The second-order valence-electron chi connectivity index (χ2n) is 4.52. The maximum absolute atomic E-state index is 9.53. The van der Waals surface area contributed by atoms with Crippen molar-refractivity contribution >= 4 is 11.7 Å². The average molecular weight is 217 g/mol. The zero-order valence-electron chi connectivity index (χ0n) is 10.4. The van der Waals surface area contributed by atoms with Crippen molar-refractivity contribution in [3.8, 4) is 0 Å². The van der Waals surface area contributed by atoms with E-state index in [0.29, 0.717) is 0 Å². The van der Waals surface area contributed by atoms with Crippen molar-refractivity contribution in [2.75, 3.05) is 0 Å². The molecule has 0 aliphatic rings. The van der Waals surface area contributed by atoms with Gasteiger partial charge in [-0.3, -0.25) is 0 Å². The van der Waals surface area contributed by atoms with E-state index in [4.69, 9.17) is 0 Å². The van der Waals surface area contributed by atoms with Crippen LogP contribution in [0.1, 0.15) is 33.3 Å². The van der Waals surface area contributed by atoms with Crippen molar-refractivity contribution in [2.24, 2.45) is 4.99 Å². The van der Waals surface area contributed by atoms with Crippen molar-refractivity contribution < 1.29 is 4.79 Å². The van der Waals surface area contributed by atoms with Crippen LogP contribution in [0.3, 0.4) is 0 Å². The van der Waals surface area contributed by atoms with Crippen LogP contribution in [0.5, 0.6) is 0 Å². The standard InChI is InChI=1S/C9H10.C5H9NO/c1-8(2)9-6-4-3-5-7-9;1-5(2,3)6-4-7/h3-7H,1H2,2H3;1-3H3. The molecule has 0 saturated carbocycles. The molecule has 16 heavy (non-hydrogen) atoms. The Kier molecular flexibility index (Phi) is 6.06. The second-order valence-corrected chi connectivity index (χ2v) is 4.52. The van der Waals surface area contributed by atoms with E-state index in [9.17, 15) is 4.79 Å². The third-order valence-electron chi connectivity index (χ3n) is 1.65. The minimum atomic E-state index is -0.248. The summed E-state index contributed by atoms with van der Waals surface area (Å²) in [5.41, 5.74) is 2.09. The summed E-state index contributed by atoms with van der Waals surface area (Å²) in [6.07, 6.45) is 1.48. The number of hydrogen-bond acceptors (Lipinski definition) is 2. The number of nitrogens with zero attached hydrogens (tertiary/aromatic N) is 1. The van der Waals surface area contributed by atoms with Crippen LogP contribution in [0.25, 0.3) is 5.57 Å². The van der Waals surface area contributed by atoms with Gasteiger partial charge >= 0.3 is 0 Å². The molecule has 0 bridgehead atoms. The van der Waals surface area contributed by atoms with E-state index in [0.717, 1.165) is 5.57 Å². The molecule has 86 valence electrons. The number of rotatable bonds is 1. The monoisotopic (exact) mass is 217 g/mol. The maximum atomic E-state index is 9.53. The number of aliphatic imine (C=N–C) groups is 1. The largest absolute Gasteiger partial charge is 0.235 e. The molecule has 0 unspecified atom stereocenters. The molecule has 0 fully saturated rings. The topological polar surface area (TPSA) is 29.4 Å². The van der Waals surface area contributed by atoms with Crippen LogP contribution in [-0.4, -0.2) is 11.6 Å². The SMILES string of the molecule is C=C(C)c1ccccc1.CC(C)(C)N=C=O. The Balaban J connectivity index is 0.000000293. The van der Waals surface area contributed by atoms with Crippen LogP contribution in [0, 0.1) is 0 Å². The van der Waals surface area contributed by atoms with E-state index in [1.807, 2.05) is 45.9 Å². The summed E-state index contributed by atoms with van der Waals surface area (Å²) >= 11 is 0. The summed E-state index contributed by atoms with van der Waals surface area (Å²) in [4.78, 5) is 13.0. The average Bonchev–Trinajstić information content (AvgIpc) is 2.18. The summed E-state index contributed by atoms with van der Waals surface area (Å²) in [6.45, 7) is 11.4. The Hall–Kier alpha value is -1.66. The van der Waals surface area contributed by atoms with Gasteiger partial charge in [0.25, 0.3) is 0 Å². The minimum absolute atomic E-state index is 0.248. The van der Waals surface area contributed by atoms with Gasteiger partial charge in [0, 0.05) is 0 Å². The molecule has 2 nitrogen and oxygen atoms in total. The lowest BCUT2D eigenvalue weighted by atomic mass is 10.1. The summed E-state index contributed by atoms with van der Waals surface area (Å²) in [7, 11) is 0. The molecule has 0 atom stereocenters. The number of carbonyl (C=O) groups excluding carboxylic acids is 1. The summed E-state index contributed by atoms with van der Waals surface area (Å²) in [5, 5.41) is 0. The zero-order chi connectivity index (χ0) is 12.6. The minimum Gasteiger partial charge on any atom is -0.211 e. The van der Waals surface area contributed by atoms with Crippen molar-refractivity contribution in [1.82, 2.24) is 0 Å². The van der Waals surface area contributed by atoms with E-state index < -0.39 is 0 Å². The Labute approximate surface area is 97.7 Å². The molecule has 0 heterocycles. The fourth-order valence-corrected chi connectivity index (χ4v) is 0.860. The molecule has 0 radical (unpaired) electrons. The van der Waals surface area contributed by atoms with Crippen molar-refractivity contribution in [2.45, 2.75) is 33.2 Å². The third kappa shape index (κ3) is 7.72. The third-order valence-corrected chi connectivity index (χ3v) is 1.65. The fraction of sp³-hybridized carbons (Fsp3) is 0.357. The van der Waals surface area contributed by atoms with Gasteiger partial charge in [-0.25, -0.2) is 9.79 Å². The van der Waals surface area contributed by atoms with Gasteiger partial charge in [0.15, 0.2) is 0 Å². The molecule has 0 N–H and O–H groups in total.